The van der Waals surface area contributed by atoms with Gasteiger partial charge in [-0.15, -0.1) is 0 Å². The van der Waals surface area contributed by atoms with E-state index in [1.165, 1.54) is 0 Å². The number of carbonyl (C=O) groups is 1. The summed E-state index contributed by atoms with van der Waals surface area (Å²) >= 11 is 0. The van der Waals surface area contributed by atoms with Crippen LogP contribution in [-0.2, 0) is 4.79 Å². The van der Waals surface area contributed by atoms with Crippen molar-refractivity contribution in [1.29, 1.82) is 0 Å². The van der Waals surface area contributed by atoms with Gasteiger partial charge in [0.25, 0.3) is 0 Å². The van der Waals surface area contributed by atoms with Gasteiger partial charge in [0.1, 0.15) is 0 Å². The molecule has 1 saturated heterocycles. The van der Waals surface area contributed by atoms with E-state index in [1.54, 1.807) is 29.3 Å². The maximum absolute atomic E-state index is 12.3. The molecule has 2 atom stereocenters. The molecule has 1 aliphatic heterocycles. The monoisotopic (exact) mass is 271 g/mol. The highest BCUT2D eigenvalue weighted by atomic mass is 16.2. The number of pyridine rings is 1. The third-order valence-corrected chi connectivity index (χ3v) is 3.62. The molecule has 2 N–H and O–H groups in total. The highest BCUT2D eigenvalue weighted by Crippen LogP contribution is 2.21. The minimum absolute atomic E-state index is 0.000627. The first-order valence-electron chi connectivity index (χ1n) is 6.72. The average molecular weight is 271 g/mol. The van der Waals surface area contributed by atoms with Crippen molar-refractivity contribution in [3.63, 3.8) is 0 Å². The number of nitrogens with one attached hydrogen (secondary N) is 2. The predicted molar refractivity (Wildman–Crippen MR) is 75.5 cm³/mol. The van der Waals surface area contributed by atoms with E-state index in [2.05, 4.69) is 27.6 Å². The number of nitrogens with zero attached hydrogens (tertiary/aromatic N) is 3. The topological polar surface area (TPSA) is 71.8 Å². The van der Waals surface area contributed by atoms with Gasteiger partial charge in [0.05, 0.1) is 11.6 Å². The normalized spacial score (nSPS) is 21.9. The molecule has 0 spiro atoms. The van der Waals surface area contributed by atoms with Gasteiger partial charge in [0, 0.05) is 25.1 Å². The van der Waals surface area contributed by atoms with Crippen LogP contribution < -0.4 is 10.6 Å². The smallest absolute Gasteiger partial charge is 0.229 e. The Morgan fingerprint density at radius 2 is 2.30 bits per heavy atom. The summed E-state index contributed by atoms with van der Waals surface area (Å²) in [6.45, 7) is 3.70. The van der Waals surface area contributed by atoms with Gasteiger partial charge in [-0.2, -0.15) is 5.10 Å². The van der Waals surface area contributed by atoms with E-state index in [1.807, 2.05) is 12.1 Å². The Morgan fingerprint density at radius 1 is 1.40 bits per heavy atom. The number of rotatable bonds is 3. The fraction of sp³-hybridized carbons (Fsp3) is 0.357. The van der Waals surface area contributed by atoms with Crippen molar-refractivity contribution in [2.45, 2.75) is 6.92 Å². The zero-order chi connectivity index (χ0) is 13.9. The molecule has 1 fully saturated rings. The molecule has 0 aliphatic carbocycles. The van der Waals surface area contributed by atoms with E-state index in [4.69, 9.17) is 0 Å². The Hall–Kier alpha value is -2.21. The Morgan fingerprint density at radius 3 is 3.00 bits per heavy atom. The Balaban J connectivity index is 1.83. The summed E-state index contributed by atoms with van der Waals surface area (Å²) < 4.78 is 1.64. The van der Waals surface area contributed by atoms with Gasteiger partial charge in [-0.05, 0) is 30.7 Å². The molecule has 6 heteroatoms. The van der Waals surface area contributed by atoms with E-state index in [9.17, 15) is 4.79 Å². The molecule has 2 aromatic heterocycles. The zero-order valence-electron chi connectivity index (χ0n) is 11.3. The second kappa shape index (κ2) is 5.42. The first kappa shape index (κ1) is 12.8. The van der Waals surface area contributed by atoms with Crippen LogP contribution >= 0.6 is 0 Å². The fourth-order valence-electron chi connectivity index (χ4n) is 2.46. The molecule has 1 amide bonds. The maximum atomic E-state index is 12.3. The molecule has 0 aromatic carbocycles. The van der Waals surface area contributed by atoms with Gasteiger partial charge in [-0.1, -0.05) is 6.92 Å². The van der Waals surface area contributed by atoms with Crippen molar-refractivity contribution in [2.24, 2.45) is 11.8 Å². The molecular formula is C14H17N5O. The molecule has 20 heavy (non-hydrogen) atoms. The summed E-state index contributed by atoms with van der Waals surface area (Å²) in [5, 5.41) is 10.4. The van der Waals surface area contributed by atoms with Gasteiger partial charge < -0.3 is 10.6 Å². The quantitative estimate of drug-likeness (QED) is 0.875. The van der Waals surface area contributed by atoms with Gasteiger partial charge in [-0.3, -0.25) is 4.79 Å². The highest BCUT2D eigenvalue weighted by Gasteiger charge is 2.29. The van der Waals surface area contributed by atoms with Crippen molar-refractivity contribution in [1.82, 2.24) is 20.1 Å². The van der Waals surface area contributed by atoms with Crippen molar-refractivity contribution in [2.75, 3.05) is 18.4 Å². The summed E-state index contributed by atoms with van der Waals surface area (Å²) in [4.78, 5) is 16.6. The predicted octanol–water partition coefficient (Wildman–Crippen LogP) is 1.06. The maximum Gasteiger partial charge on any atom is 0.229 e. The van der Waals surface area contributed by atoms with Gasteiger partial charge in [0.15, 0.2) is 5.82 Å². The van der Waals surface area contributed by atoms with Crippen LogP contribution in [0.4, 0.5) is 5.69 Å². The van der Waals surface area contributed by atoms with Crippen LogP contribution in [0, 0.1) is 11.8 Å². The van der Waals surface area contributed by atoms with Crippen LogP contribution in [0.1, 0.15) is 6.92 Å². The lowest BCUT2D eigenvalue weighted by Crippen LogP contribution is -2.28. The third-order valence-electron chi connectivity index (χ3n) is 3.62. The number of hydrogen-bond donors (Lipinski definition) is 2. The number of aromatic nitrogens is 3. The van der Waals surface area contributed by atoms with E-state index >= 15 is 0 Å². The van der Waals surface area contributed by atoms with Gasteiger partial charge in [-0.25, -0.2) is 9.67 Å². The summed E-state index contributed by atoms with van der Waals surface area (Å²) in [6, 6.07) is 5.47. The molecule has 0 saturated carbocycles. The molecular weight excluding hydrogens is 254 g/mol. The summed E-state index contributed by atoms with van der Waals surface area (Å²) in [5.41, 5.74) is 0.681. The molecule has 3 heterocycles. The molecule has 2 aromatic rings. The number of carbonyl (C=O) groups excluding carboxylic acids is 1. The van der Waals surface area contributed by atoms with Crippen LogP contribution in [-0.4, -0.2) is 33.8 Å². The first-order chi connectivity index (χ1) is 9.75. The van der Waals surface area contributed by atoms with Crippen LogP contribution in [0.5, 0.6) is 0 Å². The van der Waals surface area contributed by atoms with Crippen LogP contribution in [0.3, 0.4) is 0 Å². The van der Waals surface area contributed by atoms with Crippen LogP contribution in [0.15, 0.2) is 36.8 Å². The van der Waals surface area contributed by atoms with Crippen molar-refractivity contribution in [3.05, 3.63) is 36.8 Å². The molecule has 0 radical (unpaired) electrons. The third kappa shape index (κ3) is 2.42. The van der Waals surface area contributed by atoms with E-state index in [0.29, 0.717) is 17.4 Å². The second-order valence-electron chi connectivity index (χ2n) is 5.06. The van der Waals surface area contributed by atoms with Crippen molar-refractivity contribution >= 4 is 11.6 Å². The van der Waals surface area contributed by atoms with Crippen molar-refractivity contribution in [3.8, 4) is 5.82 Å². The fourth-order valence-corrected chi connectivity index (χ4v) is 2.46. The van der Waals surface area contributed by atoms with Crippen LogP contribution in [0.25, 0.3) is 5.82 Å². The van der Waals surface area contributed by atoms with E-state index < -0.39 is 0 Å². The number of hydrogen-bond acceptors (Lipinski definition) is 4. The summed E-state index contributed by atoms with van der Waals surface area (Å²) in [6.07, 6.45) is 5.17. The summed E-state index contributed by atoms with van der Waals surface area (Å²) in [7, 11) is 0. The number of amides is 1. The number of anilines is 1. The van der Waals surface area contributed by atoms with Gasteiger partial charge >= 0.3 is 0 Å². The Kier molecular flexibility index (Phi) is 3.47. The highest BCUT2D eigenvalue weighted by molar-refractivity contribution is 5.94. The Labute approximate surface area is 117 Å². The lowest BCUT2D eigenvalue weighted by Gasteiger charge is -2.15. The average Bonchev–Trinajstić information content (AvgIpc) is 3.10. The zero-order valence-corrected chi connectivity index (χ0v) is 11.3. The minimum Gasteiger partial charge on any atom is -0.323 e. The lowest BCUT2D eigenvalue weighted by atomic mass is 9.97. The lowest BCUT2D eigenvalue weighted by molar-refractivity contribution is -0.120. The standard InChI is InChI=1S/C14H17N5O/c1-10-8-15-9-11(10)14(20)18-12-4-2-5-16-13(12)19-7-3-6-17-19/h2-7,10-11,15H,8-9H2,1H3,(H,18,20)/t10-,11-/m1/s1. The van der Waals surface area contributed by atoms with E-state index in [0.717, 1.165) is 13.1 Å². The largest absolute Gasteiger partial charge is 0.323 e. The first-order valence-corrected chi connectivity index (χ1v) is 6.72. The minimum atomic E-state index is 0.000627. The van der Waals surface area contributed by atoms with Gasteiger partial charge in [0.2, 0.25) is 5.91 Å². The van der Waals surface area contributed by atoms with Crippen LogP contribution in [0.2, 0.25) is 0 Å². The molecule has 0 unspecified atom stereocenters. The Bertz CT molecular complexity index is 595. The summed E-state index contributed by atoms with van der Waals surface area (Å²) in [5.74, 6) is 1.01. The van der Waals surface area contributed by atoms with Crippen molar-refractivity contribution < 1.29 is 4.79 Å². The molecule has 0 bridgehead atoms. The van der Waals surface area contributed by atoms with E-state index in [-0.39, 0.29) is 11.8 Å². The molecule has 1 aliphatic rings. The molecule has 6 nitrogen and oxygen atoms in total. The molecule has 3 rings (SSSR count). The molecule has 104 valence electrons. The SMILES string of the molecule is C[C@@H]1CNC[C@H]1C(=O)Nc1cccnc1-n1cccn1. The second-order valence-corrected chi connectivity index (χ2v) is 5.06.